The molecule has 3 rings (SSSR count). The van der Waals surface area contributed by atoms with Crippen LogP contribution in [-0.4, -0.2) is 19.8 Å². The van der Waals surface area contributed by atoms with Crippen molar-refractivity contribution in [2.45, 2.75) is 62.3 Å². The molecule has 0 spiro atoms. The SMILES string of the molecule is Cc1cc(C)[c]([Sn]([c]2c(C)cc(C)cc2C)[c]2c(C)cc(C)cc2C)c(C)c1. The molecule has 1 radical (unpaired) electrons. The van der Waals surface area contributed by atoms with Crippen LogP contribution in [0.15, 0.2) is 36.4 Å². The normalized spacial score (nSPS) is 11.4. The summed E-state index contributed by atoms with van der Waals surface area (Å²) in [5, 5.41) is 0. The quantitative estimate of drug-likeness (QED) is 0.468. The third-order valence-corrected chi connectivity index (χ3v) is 16.8. The molecule has 1 heteroatoms. The zero-order valence-corrected chi connectivity index (χ0v) is 21.8. The van der Waals surface area contributed by atoms with E-state index >= 15 is 0 Å². The molecule has 0 atom stereocenters. The summed E-state index contributed by atoms with van der Waals surface area (Å²) in [6.07, 6.45) is 0. The minimum atomic E-state index is -2.39. The van der Waals surface area contributed by atoms with Crippen LogP contribution < -0.4 is 10.7 Å². The van der Waals surface area contributed by atoms with Crippen molar-refractivity contribution in [2.75, 3.05) is 0 Å². The van der Waals surface area contributed by atoms with E-state index in [2.05, 4.69) is 98.7 Å². The van der Waals surface area contributed by atoms with Crippen LogP contribution in [0.5, 0.6) is 0 Å². The minimum absolute atomic E-state index is 1.37. The van der Waals surface area contributed by atoms with Crippen LogP contribution in [0.1, 0.15) is 50.1 Å². The summed E-state index contributed by atoms with van der Waals surface area (Å²) in [5.74, 6) is 0. The van der Waals surface area contributed by atoms with Crippen molar-refractivity contribution in [3.05, 3.63) is 86.5 Å². The average Bonchev–Trinajstić information content (AvgIpc) is 2.51. The third kappa shape index (κ3) is 3.94. The molecule has 0 N–H and O–H groups in total. The Labute approximate surface area is 178 Å². The summed E-state index contributed by atoms with van der Waals surface area (Å²) >= 11 is -2.39. The van der Waals surface area contributed by atoms with Gasteiger partial charge in [0.1, 0.15) is 0 Å². The zero-order chi connectivity index (χ0) is 20.7. The number of benzene rings is 3. The molecule has 0 aliphatic carbocycles. The van der Waals surface area contributed by atoms with Gasteiger partial charge in [-0.2, -0.15) is 0 Å². The molecule has 145 valence electrons. The Morgan fingerprint density at radius 2 is 0.536 bits per heavy atom. The Hall–Kier alpha value is -1.54. The first kappa shape index (κ1) is 21.2. The topological polar surface area (TPSA) is 0 Å². The molecule has 3 aromatic rings. The maximum absolute atomic E-state index is 2.39. The molecule has 3 aromatic carbocycles. The molecule has 0 aliphatic rings. The second-order valence-electron chi connectivity index (χ2n) is 8.70. The van der Waals surface area contributed by atoms with Gasteiger partial charge in [0, 0.05) is 0 Å². The van der Waals surface area contributed by atoms with Gasteiger partial charge >= 0.3 is 179 Å². The van der Waals surface area contributed by atoms with E-state index in [1.54, 1.807) is 10.7 Å². The fourth-order valence-electron chi connectivity index (χ4n) is 5.10. The number of aryl methyl sites for hydroxylation is 9. The molecule has 0 aromatic heterocycles. The Morgan fingerprint density at radius 3 is 0.714 bits per heavy atom. The van der Waals surface area contributed by atoms with Gasteiger partial charge in [0.15, 0.2) is 0 Å². The Bertz CT molecular complexity index is 850. The molecule has 0 saturated heterocycles. The van der Waals surface area contributed by atoms with Crippen molar-refractivity contribution in [3.8, 4) is 0 Å². The summed E-state index contributed by atoms with van der Waals surface area (Å²) in [6, 6.07) is 14.3. The first-order chi connectivity index (χ1) is 13.1. The Morgan fingerprint density at radius 1 is 0.357 bits per heavy atom. The second kappa shape index (κ2) is 8.06. The van der Waals surface area contributed by atoms with Crippen molar-refractivity contribution in [1.29, 1.82) is 0 Å². The van der Waals surface area contributed by atoms with Crippen LogP contribution in [-0.2, 0) is 0 Å². The van der Waals surface area contributed by atoms with Gasteiger partial charge < -0.3 is 0 Å². The maximum atomic E-state index is 2.39. The predicted molar refractivity (Wildman–Crippen MR) is 127 cm³/mol. The van der Waals surface area contributed by atoms with Crippen LogP contribution in [0.3, 0.4) is 0 Å². The first-order valence-corrected chi connectivity index (χ1v) is 14.5. The van der Waals surface area contributed by atoms with Gasteiger partial charge in [-0.05, 0) is 0 Å². The summed E-state index contributed by atoms with van der Waals surface area (Å²) in [5.41, 5.74) is 13.0. The summed E-state index contributed by atoms with van der Waals surface area (Å²) in [7, 11) is 0. The third-order valence-electron chi connectivity index (χ3n) is 5.78. The average molecular weight is 476 g/mol. The summed E-state index contributed by atoms with van der Waals surface area (Å²) in [6.45, 7) is 20.6. The van der Waals surface area contributed by atoms with Gasteiger partial charge in [-0.1, -0.05) is 0 Å². The summed E-state index contributed by atoms with van der Waals surface area (Å²) in [4.78, 5) is 0. The Balaban J connectivity index is 2.45. The van der Waals surface area contributed by atoms with E-state index in [1.807, 2.05) is 0 Å². The molecular weight excluding hydrogens is 443 g/mol. The fourth-order valence-corrected chi connectivity index (χ4v) is 15.2. The first-order valence-electron chi connectivity index (χ1n) is 10.2. The molecule has 0 bridgehead atoms. The van der Waals surface area contributed by atoms with Crippen molar-refractivity contribution in [2.24, 2.45) is 0 Å². The van der Waals surface area contributed by atoms with E-state index in [-0.39, 0.29) is 0 Å². The van der Waals surface area contributed by atoms with Gasteiger partial charge in [-0.3, -0.25) is 0 Å². The van der Waals surface area contributed by atoms with E-state index < -0.39 is 19.8 Å². The fraction of sp³-hybridized carbons (Fsp3) is 0.333. The van der Waals surface area contributed by atoms with E-state index in [0.29, 0.717) is 0 Å². The van der Waals surface area contributed by atoms with Crippen LogP contribution in [0.2, 0.25) is 0 Å². The van der Waals surface area contributed by atoms with E-state index in [1.165, 1.54) is 50.1 Å². The molecule has 0 heterocycles. The molecule has 0 unspecified atom stereocenters. The monoisotopic (exact) mass is 477 g/mol. The summed E-state index contributed by atoms with van der Waals surface area (Å²) < 4.78 is 4.99. The Kier molecular flexibility index (Phi) is 6.10. The molecule has 28 heavy (non-hydrogen) atoms. The van der Waals surface area contributed by atoms with Crippen molar-refractivity contribution >= 4 is 30.5 Å². The van der Waals surface area contributed by atoms with Crippen molar-refractivity contribution in [1.82, 2.24) is 0 Å². The van der Waals surface area contributed by atoms with Gasteiger partial charge in [0.2, 0.25) is 0 Å². The molecule has 0 saturated carbocycles. The van der Waals surface area contributed by atoms with Gasteiger partial charge in [0.05, 0.1) is 0 Å². The van der Waals surface area contributed by atoms with E-state index in [0.717, 1.165) is 0 Å². The standard InChI is InChI=1S/3C9H11.Sn/c3*1-7-4-8(2)6-9(3)5-7;/h3*4-5H,1-3H3;. The van der Waals surface area contributed by atoms with Gasteiger partial charge in [-0.15, -0.1) is 0 Å². The molecule has 0 fully saturated rings. The zero-order valence-electron chi connectivity index (χ0n) is 19.0. The number of hydrogen-bond donors (Lipinski definition) is 0. The van der Waals surface area contributed by atoms with Crippen LogP contribution in [0, 0.1) is 62.3 Å². The second-order valence-corrected chi connectivity index (χ2v) is 15.1. The van der Waals surface area contributed by atoms with E-state index in [9.17, 15) is 0 Å². The number of rotatable bonds is 3. The molecule has 0 amide bonds. The molecular formula is C27H33Sn. The van der Waals surface area contributed by atoms with Crippen LogP contribution >= 0.6 is 0 Å². The van der Waals surface area contributed by atoms with Gasteiger partial charge in [0.25, 0.3) is 0 Å². The van der Waals surface area contributed by atoms with Crippen molar-refractivity contribution < 1.29 is 0 Å². The van der Waals surface area contributed by atoms with E-state index in [4.69, 9.17) is 0 Å². The molecule has 0 nitrogen and oxygen atoms in total. The van der Waals surface area contributed by atoms with Gasteiger partial charge in [-0.25, -0.2) is 0 Å². The van der Waals surface area contributed by atoms with Crippen molar-refractivity contribution in [3.63, 3.8) is 0 Å². The van der Waals surface area contributed by atoms with Crippen LogP contribution in [0.4, 0.5) is 0 Å². The number of hydrogen-bond acceptors (Lipinski definition) is 0. The van der Waals surface area contributed by atoms with Crippen LogP contribution in [0.25, 0.3) is 0 Å². The predicted octanol–water partition coefficient (Wildman–Crippen LogP) is 4.98. The molecule has 0 aliphatic heterocycles.